The molecule has 2 rings (SSSR count). The van der Waals surface area contributed by atoms with Gasteiger partial charge in [-0.05, 0) is 24.6 Å². The van der Waals surface area contributed by atoms with E-state index in [4.69, 9.17) is 4.74 Å². The minimum atomic E-state index is 0.257. The van der Waals surface area contributed by atoms with Crippen LogP contribution in [0.25, 0.3) is 0 Å². The van der Waals surface area contributed by atoms with Gasteiger partial charge in [-0.2, -0.15) is 0 Å². The molecule has 1 N–H and O–H groups in total. The highest BCUT2D eigenvalue weighted by molar-refractivity contribution is 9.10. The van der Waals surface area contributed by atoms with E-state index in [0.29, 0.717) is 6.61 Å². The van der Waals surface area contributed by atoms with Crippen molar-refractivity contribution in [3.8, 4) is 5.75 Å². The van der Waals surface area contributed by atoms with E-state index in [1.807, 2.05) is 24.3 Å². The normalized spacial score (nSPS) is 11.9. The molecule has 0 saturated heterocycles. The Hall–Kier alpha value is -1.58. The molecule has 0 aliphatic carbocycles. The second kappa shape index (κ2) is 8.01. The van der Waals surface area contributed by atoms with Crippen molar-refractivity contribution in [1.29, 1.82) is 0 Å². The van der Waals surface area contributed by atoms with Crippen molar-refractivity contribution in [2.24, 2.45) is 0 Å². The Kier molecular flexibility index (Phi) is 6.03. The molecule has 0 radical (unpaired) electrons. The van der Waals surface area contributed by atoms with E-state index in [0.717, 1.165) is 22.3 Å². The lowest BCUT2D eigenvalue weighted by Gasteiger charge is -2.17. The predicted molar refractivity (Wildman–Crippen MR) is 91.5 cm³/mol. The number of hydrogen-bond acceptors (Lipinski definition) is 2. The predicted octanol–water partition coefficient (Wildman–Crippen LogP) is 4.86. The van der Waals surface area contributed by atoms with Gasteiger partial charge in [0.15, 0.2) is 0 Å². The zero-order chi connectivity index (χ0) is 15.1. The van der Waals surface area contributed by atoms with Crippen LogP contribution in [0, 0.1) is 0 Å². The van der Waals surface area contributed by atoms with E-state index in [-0.39, 0.29) is 6.04 Å². The minimum Gasteiger partial charge on any atom is -0.489 e. The van der Waals surface area contributed by atoms with Gasteiger partial charge in [0.2, 0.25) is 0 Å². The zero-order valence-electron chi connectivity index (χ0n) is 12.2. The minimum absolute atomic E-state index is 0.257. The first-order valence-corrected chi connectivity index (χ1v) is 7.81. The molecule has 0 aromatic heterocycles. The van der Waals surface area contributed by atoms with Gasteiger partial charge in [0, 0.05) is 22.6 Å². The lowest BCUT2D eigenvalue weighted by atomic mass is 10.1. The van der Waals surface area contributed by atoms with Crippen molar-refractivity contribution in [1.82, 2.24) is 5.32 Å². The van der Waals surface area contributed by atoms with E-state index < -0.39 is 0 Å². The average Bonchev–Trinajstić information content (AvgIpc) is 2.52. The van der Waals surface area contributed by atoms with Gasteiger partial charge in [0.1, 0.15) is 12.4 Å². The van der Waals surface area contributed by atoms with Gasteiger partial charge in [-0.3, -0.25) is 0 Å². The fourth-order valence-corrected chi connectivity index (χ4v) is 2.77. The molecule has 1 atom stereocenters. The van der Waals surface area contributed by atoms with Gasteiger partial charge in [0.05, 0.1) is 0 Å². The summed E-state index contributed by atoms with van der Waals surface area (Å²) in [5, 5.41) is 3.54. The molecule has 0 aliphatic heterocycles. The Morgan fingerprint density at radius 2 is 1.90 bits per heavy atom. The van der Waals surface area contributed by atoms with Crippen LogP contribution in [0.15, 0.2) is 65.7 Å². The van der Waals surface area contributed by atoms with Gasteiger partial charge in [0.25, 0.3) is 0 Å². The molecule has 0 fully saturated rings. The van der Waals surface area contributed by atoms with E-state index in [2.05, 4.69) is 59.0 Å². The van der Waals surface area contributed by atoms with Crippen molar-refractivity contribution >= 4 is 15.9 Å². The summed E-state index contributed by atoms with van der Waals surface area (Å²) in [5.41, 5.74) is 2.40. The third-order valence-electron chi connectivity index (χ3n) is 3.30. The van der Waals surface area contributed by atoms with Crippen LogP contribution in [0.4, 0.5) is 0 Å². The Morgan fingerprint density at radius 3 is 2.67 bits per heavy atom. The number of halogens is 1. The molecule has 0 spiro atoms. The Balaban J connectivity index is 2.03. The van der Waals surface area contributed by atoms with E-state index in [1.165, 1.54) is 5.56 Å². The van der Waals surface area contributed by atoms with Gasteiger partial charge >= 0.3 is 0 Å². The van der Waals surface area contributed by atoms with Crippen LogP contribution in [0.1, 0.15) is 24.1 Å². The zero-order valence-corrected chi connectivity index (χ0v) is 13.8. The molecule has 2 nitrogen and oxygen atoms in total. The van der Waals surface area contributed by atoms with Crippen molar-refractivity contribution in [2.75, 3.05) is 6.61 Å². The monoisotopic (exact) mass is 345 g/mol. The summed E-state index contributed by atoms with van der Waals surface area (Å²) in [7, 11) is 0. The SMILES string of the molecule is C=CCOc1ccccc1CNC(C)c1ccccc1Br. The fourth-order valence-electron chi connectivity index (χ4n) is 2.14. The quantitative estimate of drug-likeness (QED) is 0.723. The smallest absolute Gasteiger partial charge is 0.124 e. The summed E-state index contributed by atoms with van der Waals surface area (Å²) < 4.78 is 6.81. The van der Waals surface area contributed by atoms with Gasteiger partial charge in [-0.15, -0.1) is 0 Å². The summed E-state index contributed by atoms with van der Waals surface area (Å²) in [6, 6.07) is 16.6. The maximum Gasteiger partial charge on any atom is 0.124 e. The molecular formula is C18H20BrNO. The number of benzene rings is 2. The third kappa shape index (κ3) is 4.45. The number of hydrogen-bond donors (Lipinski definition) is 1. The lowest BCUT2D eigenvalue weighted by Crippen LogP contribution is -2.19. The highest BCUT2D eigenvalue weighted by atomic mass is 79.9. The summed E-state index contributed by atoms with van der Waals surface area (Å²) in [4.78, 5) is 0. The molecule has 0 amide bonds. The molecule has 21 heavy (non-hydrogen) atoms. The standard InChI is InChI=1S/C18H20BrNO/c1-3-12-21-18-11-7-4-8-15(18)13-20-14(2)16-9-5-6-10-17(16)19/h3-11,14,20H,1,12-13H2,2H3. The van der Waals surface area contributed by atoms with Crippen LogP contribution in [0.3, 0.4) is 0 Å². The van der Waals surface area contributed by atoms with Crippen LogP contribution in [0.2, 0.25) is 0 Å². The highest BCUT2D eigenvalue weighted by Gasteiger charge is 2.09. The molecular weight excluding hydrogens is 326 g/mol. The Bertz CT molecular complexity index is 597. The summed E-state index contributed by atoms with van der Waals surface area (Å²) in [5.74, 6) is 0.907. The van der Waals surface area contributed by atoms with Gasteiger partial charge in [-0.1, -0.05) is 65.0 Å². The Morgan fingerprint density at radius 1 is 1.19 bits per heavy atom. The molecule has 0 saturated carbocycles. The molecule has 0 heterocycles. The largest absolute Gasteiger partial charge is 0.489 e. The first-order chi connectivity index (χ1) is 10.2. The Labute approximate surface area is 135 Å². The first-order valence-electron chi connectivity index (χ1n) is 7.01. The van der Waals surface area contributed by atoms with Crippen LogP contribution in [-0.4, -0.2) is 6.61 Å². The van der Waals surface area contributed by atoms with E-state index in [9.17, 15) is 0 Å². The summed E-state index contributed by atoms with van der Waals surface area (Å²) in [6.45, 7) is 7.13. The number of ether oxygens (including phenoxy) is 1. The maximum atomic E-state index is 5.68. The van der Waals surface area contributed by atoms with Crippen molar-refractivity contribution < 1.29 is 4.74 Å². The number of para-hydroxylation sites is 1. The molecule has 3 heteroatoms. The average molecular weight is 346 g/mol. The molecule has 0 bridgehead atoms. The lowest BCUT2D eigenvalue weighted by molar-refractivity contribution is 0.357. The molecule has 0 aliphatic rings. The van der Waals surface area contributed by atoms with Crippen LogP contribution < -0.4 is 10.1 Å². The first kappa shape index (κ1) is 15.8. The third-order valence-corrected chi connectivity index (χ3v) is 4.02. The van der Waals surface area contributed by atoms with Crippen LogP contribution in [-0.2, 0) is 6.54 Å². The van der Waals surface area contributed by atoms with Crippen molar-refractivity contribution in [2.45, 2.75) is 19.5 Å². The summed E-state index contributed by atoms with van der Waals surface area (Å²) >= 11 is 3.60. The van der Waals surface area contributed by atoms with Gasteiger partial charge in [-0.25, -0.2) is 0 Å². The van der Waals surface area contributed by atoms with Crippen molar-refractivity contribution in [3.63, 3.8) is 0 Å². The molecule has 2 aromatic carbocycles. The molecule has 2 aromatic rings. The van der Waals surface area contributed by atoms with Crippen LogP contribution in [0.5, 0.6) is 5.75 Å². The second-order valence-electron chi connectivity index (χ2n) is 4.83. The topological polar surface area (TPSA) is 21.3 Å². The highest BCUT2D eigenvalue weighted by Crippen LogP contribution is 2.24. The van der Waals surface area contributed by atoms with E-state index >= 15 is 0 Å². The van der Waals surface area contributed by atoms with Crippen LogP contribution >= 0.6 is 15.9 Å². The molecule has 1 unspecified atom stereocenters. The maximum absolute atomic E-state index is 5.68. The second-order valence-corrected chi connectivity index (χ2v) is 5.69. The fraction of sp³-hybridized carbons (Fsp3) is 0.222. The van der Waals surface area contributed by atoms with Gasteiger partial charge < -0.3 is 10.1 Å². The number of rotatable bonds is 7. The summed E-state index contributed by atoms with van der Waals surface area (Å²) in [6.07, 6.45) is 1.76. The molecule has 110 valence electrons. The van der Waals surface area contributed by atoms with Crippen molar-refractivity contribution in [3.05, 3.63) is 76.8 Å². The number of nitrogens with one attached hydrogen (secondary N) is 1. The van der Waals surface area contributed by atoms with E-state index in [1.54, 1.807) is 6.08 Å².